The molecule has 0 aromatic carbocycles. The zero-order valence-corrected chi connectivity index (χ0v) is 9.60. The molecule has 0 saturated heterocycles. The zero-order chi connectivity index (χ0) is 12.3. The van der Waals surface area contributed by atoms with E-state index in [4.69, 9.17) is 15.3 Å². The molecule has 0 amide bonds. The maximum atomic E-state index is 5.64. The molecule has 0 aliphatic carbocycles. The second kappa shape index (κ2) is 4.93. The number of nitrogens with two attached hydrogens (primary N) is 1. The molecule has 8 heteroatoms. The number of rotatable bonds is 5. The monoisotopic (exact) mass is 238 g/mol. The number of aromatic nitrogens is 4. The van der Waals surface area contributed by atoms with E-state index >= 15 is 0 Å². The van der Waals surface area contributed by atoms with E-state index in [1.807, 2.05) is 6.92 Å². The van der Waals surface area contributed by atoms with Crippen molar-refractivity contribution in [2.45, 2.75) is 13.0 Å². The Hall–Kier alpha value is -1.93. The molecule has 1 atom stereocenters. The number of anilines is 1. The summed E-state index contributed by atoms with van der Waals surface area (Å²) in [7, 11) is 1.61. The smallest absolute Gasteiger partial charge is 0.242 e. The molecule has 0 aliphatic rings. The third-order valence-electron chi connectivity index (χ3n) is 2.12. The molecule has 2 aromatic heterocycles. The van der Waals surface area contributed by atoms with Crippen molar-refractivity contribution in [1.82, 2.24) is 20.2 Å². The lowest BCUT2D eigenvalue weighted by molar-refractivity contribution is 0.0901. The van der Waals surface area contributed by atoms with Gasteiger partial charge in [-0.1, -0.05) is 0 Å². The summed E-state index contributed by atoms with van der Waals surface area (Å²) >= 11 is 0. The molecule has 0 saturated carbocycles. The number of hydrogen-bond donors (Lipinski definition) is 3. The summed E-state index contributed by atoms with van der Waals surface area (Å²) in [5, 5.41) is 7.32. The van der Waals surface area contributed by atoms with Crippen LogP contribution in [-0.4, -0.2) is 40.0 Å². The van der Waals surface area contributed by atoms with E-state index in [1.54, 1.807) is 13.3 Å². The van der Waals surface area contributed by atoms with Crippen molar-refractivity contribution in [1.29, 1.82) is 0 Å². The largest absolute Gasteiger partial charge is 0.472 e. The van der Waals surface area contributed by atoms with Crippen LogP contribution < -0.4 is 16.0 Å². The first-order valence-electron chi connectivity index (χ1n) is 5.08. The fourth-order valence-corrected chi connectivity index (χ4v) is 1.42. The van der Waals surface area contributed by atoms with Gasteiger partial charge in [0.1, 0.15) is 11.5 Å². The highest BCUT2D eigenvalue weighted by Gasteiger charge is 2.13. The lowest BCUT2D eigenvalue weighted by atomic mass is 10.4. The van der Waals surface area contributed by atoms with E-state index in [0.717, 1.165) is 0 Å². The van der Waals surface area contributed by atoms with Gasteiger partial charge in [0, 0.05) is 7.11 Å². The number of nitrogens with zero attached hydrogens (tertiary/aromatic N) is 3. The molecule has 0 bridgehead atoms. The molecule has 0 fully saturated rings. The van der Waals surface area contributed by atoms with Gasteiger partial charge in [-0.25, -0.2) is 5.84 Å². The van der Waals surface area contributed by atoms with Gasteiger partial charge >= 0.3 is 0 Å². The summed E-state index contributed by atoms with van der Waals surface area (Å²) in [5.74, 6) is 5.96. The Morgan fingerprint density at radius 3 is 3.06 bits per heavy atom. The number of nitrogens with one attached hydrogen (secondary N) is 2. The first-order valence-corrected chi connectivity index (χ1v) is 5.08. The fraction of sp³-hybridized carbons (Fsp3) is 0.444. The number of H-pyrrole nitrogens is 1. The minimum atomic E-state index is -0.126. The molecule has 2 aromatic rings. The highest BCUT2D eigenvalue weighted by molar-refractivity contribution is 5.80. The summed E-state index contributed by atoms with van der Waals surface area (Å²) in [6.45, 7) is 2.35. The lowest BCUT2D eigenvalue weighted by Crippen LogP contribution is -2.19. The van der Waals surface area contributed by atoms with Crippen molar-refractivity contribution in [3.63, 3.8) is 0 Å². The topological polar surface area (TPSA) is 111 Å². The van der Waals surface area contributed by atoms with E-state index in [9.17, 15) is 0 Å². The number of ether oxygens (including phenoxy) is 2. The molecule has 8 nitrogen and oxygen atoms in total. The van der Waals surface area contributed by atoms with E-state index in [-0.39, 0.29) is 12.1 Å². The second-order valence-electron chi connectivity index (χ2n) is 3.51. The van der Waals surface area contributed by atoms with Gasteiger partial charge in [0.2, 0.25) is 11.8 Å². The molecule has 0 radical (unpaired) electrons. The standard InChI is InChI=1S/C9H14N6O2/c1-5(4-16-2)17-8-6-3-11-15-7(6)12-9(13-8)14-10/h3,5H,4,10H2,1-2H3,(H2,11,12,13,14,15). The van der Waals surface area contributed by atoms with Gasteiger partial charge in [-0.3, -0.25) is 10.5 Å². The van der Waals surface area contributed by atoms with Crippen molar-refractivity contribution in [3.05, 3.63) is 6.20 Å². The Kier molecular flexibility index (Phi) is 3.35. The Bertz CT molecular complexity index is 499. The summed E-state index contributed by atoms with van der Waals surface area (Å²) in [4.78, 5) is 8.22. The predicted molar refractivity (Wildman–Crippen MR) is 61.5 cm³/mol. The molecule has 92 valence electrons. The molecular formula is C9H14N6O2. The minimum Gasteiger partial charge on any atom is -0.472 e. The molecule has 0 aliphatic heterocycles. The summed E-state index contributed by atoms with van der Waals surface area (Å²) in [6, 6.07) is 0. The highest BCUT2D eigenvalue weighted by atomic mass is 16.5. The van der Waals surface area contributed by atoms with Crippen LogP contribution in [0.4, 0.5) is 5.95 Å². The summed E-state index contributed by atoms with van der Waals surface area (Å²) < 4.78 is 10.6. The van der Waals surface area contributed by atoms with Crippen LogP contribution in [0.25, 0.3) is 11.0 Å². The average Bonchev–Trinajstić information content (AvgIpc) is 2.77. The van der Waals surface area contributed by atoms with E-state index in [0.29, 0.717) is 23.5 Å². The number of nitrogen functional groups attached to an aromatic ring is 1. The Balaban J connectivity index is 2.33. The van der Waals surface area contributed by atoms with Crippen molar-refractivity contribution in [2.24, 2.45) is 5.84 Å². The molecule has 1 unspecified atom stereocenters. The van der Waals surface area contributed by atoms with Crippen LogP contribution in [0.5, 0.6) is 5.88 Å². The van der Waals surface area contributed by atoms with Gasteiger partial charge in [-0.2, -0.15) is 15.1 Å². The maximum absolute atomic E-state index is 5.64. The number of hydrazine groups is 1. The highest BCUT2D eigenvalue weighted by Crippen LogP contribution is 2.22. The van der Waals surface area contributed by atoms with Crippen LogP contribution in [0.15, 0.2) is 6.20 Å². The summed E-state index contributed by atoms with van der Waals surface area (Å²) in [6.07, 6.45) is 1.48. The Labute approximate surface area is 97.5 Å². The van der Waals surface area contributed by atoms with Crippen LogP contribution >= 0.6 is 0 Å². The molecule has 17 heavy (non-hydrogen) atoms. The van der Waals surface area contributed by atoms with Crippen LogP contribution in [-0.2, 0) is 4.74 Å². The minimum absolute atomic E-state index is 0.126. The van der Waals surface area contributed by atoms with Gasteiger partial charge in [0.25, 0.3) is 0 Å². The average molecular weight is 238 g/mol. The Morgan fingerprint density at radius 1 is 1.53 bits per heavy atom. The third kappa shape index (κ3) is 2.43. The van der Waals surface area contributed by atoms with Crippen LogP contribution in [0.2, 0.25) is 0 Å². The number of aromatic amines is 1. The van der Waals surface area contributed by atoms with Crippen molar-refractivity contribution in [3.8, 4) is 5.88 Å². The van der Waals surface area contributed by atoms with Crippen molar-refractivity contribution in [2.75, 3.05) is 19.1 Å². The maximum Gasteiger partial charge on any atom is 0.242 e. The first-order chi connectivity index (χ1) is 8.24. The van der Waals surface area contributed by atoms with Crippen molar-refractivity contribution >= 4 is 17.0 Å². The van der Waals surface area contributed by atoms with Gasteiger partial charge < -0.3 is 9.47 Å². The third-order valence-corrected chi connectivity index (χ3v) is 2.12. The number of fused-ring (bicyclic) bond motifs is 1. The zero-order valence-electron chi connectivity index (χ0n) is 9.60. The molecule has 2 heterocycles. The van der Waals surface area contributed by atoms with Gasteiger partial charge in [-0.15, -0.1) is 0 Å². The fourth-order valence-electron chi connectivity index (χ4n) is 1.42. The second-order valence-corrected chi connectivity index (χ2v) is 3.51. The quantitative estimate of drug-likeness (QED) is 0.498. The lowest BCUT2D eigenvalue weighted by Gasteiger charge is -2.13. The van der Waals surface area contributed by atoms with Gasteiger partial charge in [-0.05, 0) is 6.92 Å². The van der Waals surface area contributed by atoms with Crippen LogP contribution in [0.1, 0.15) is 6.92 Å². The van der Waals surface area contributed by atoms with Crippen LogP contribution in [0.3, 0.4) is 0 Å². The summed E-state index contributed by atoms with van der Waals surface area (Å²) in [5.41, 5.74) is 2.94. The Morgan fingerprint density at radius 2 is 2.35 bits per heavy atom. The number of methoxy groups -OCH3 is 1. The molecule has 0 spiro atoms. The molecule has 2 rings (SSSR count). The van der Waals surface area contributed by atoms with E-state index in [1.165, 1.54) is 0 Å². The van der Waals surface area contributed by atoms with E-state index < -0.39 is 0 Å². The number of hydrogen-bond acceptors (Lipinski definition) is 7. The molecular weight excluding hydrogens is 224 g/mol. The van der Waals surface area contributed by atoms with Gasteiger partial charge in [0.15, 0.2) is 5.65 Å². The van der Waals surface area contributed by atoms with Crippen molar-refractivity contribution < 1.29 is 9.47 Å². The molecule has 4 N–H and O–H groups in total. The predicted octanol–water partition coefficient (Wildman–Crippen LogP) is 0.0522. The van der Waals surface area contributed by atoms with Gasteiger partial charge in [0.05, 0.1) is 12.8 Å². The normalized spacial score (nSPS) is 12.6. The van der Waals surface area contributed by atoms with Crippen LogP contribution in [0, 0.1) is 0 Å². The van der Waals surface area contributed by atoms with E-state index in [2.05, 4.69) is 25.6 Å². The SMILES string of the molecule is COCC(C)Oc1nc(NN)nc2[nH]ncc12. The first kappa shape index (κ1) is 11.6.